The summed E-state index contributed by atoms with van der Waals surface area (Å²) in [6.45, 7) is 14.7. The molecule has 0 saturated heterocycles. The minimum absolute atomic E-state index is 0.0266. The molecular formula is C23H42B2. The third-order valence-corrected chi connectivity index (χ3v) is 9.00. The first-order valence-electron chi connectivity index (χ1n) is 11.2. The SMILES string of the molecule is [B]C(CCCC)CCC[C@H](C)[C@H]1[C@@H](C)C2(C)CCCCC([B])(C)C12C. The molecule has 4 unspecified atom stereocenters. The Kier molecular flexibility index (Phi) is 6.87. The summed E-state index contributed by atoms with van der Waals surface area (Å²) < 4.78 is 0. The van der Waals surface area contributed by atoms with Crippen LogP contribution in [0.25, 0.3) is 0 Å². The van der Waals surface area contributed by atoms with Crippen LogP contribution in [0.5, 0.6) is 0 Å². The average Bonchev–Trinajstić information content (AvgIpc) is 2.62. The van der Waals surface area contributed by atoms with E-state index < -0.39 is 0 Å². The summed E-state index contributed by atoms with van der Waals surface area (Å²) in [7, 11) is 13.3. The quantitative estimate of drug-likeness (QED) is 0.412. The molecule has 0 heterocycles. The predicted molar refractivity (Wildman–Crippen MR) is 114 cm³/mol. The monoisotopic (exact) mass is 340 g/mol. The van der Waals surface area contributed by atoms with Gasteiger partial charge in [0.15, 0.2) is 0 Å². The zero-order valence-corrected chi connectivity index (χ0v) is 18.0. The highest BCUT2D eigenvalue weighted by Crippen LogP contribution is 2.78. The Morgan fingerprint density at radius 3 is 2.24 bits per heavy atom. The fourth-order valence-corrected chi connectivity index (χ4v) is 6.97. The molecule has 2 heteroatoms. The average molecular weight is 340 g/mol. The van der Waals surface area contributed by atoms with Crippen LogP contribution >= 0.6 is 0 Å². The lowest BCUT2D eigenvalue weighted by atomic mass is 9.28. The first-order chi connectivity index (χ1) is 11.6. The second-order valence-corrected chi connectivity index (χ2v) is 10.4. The van der Waals surface area contributed by atoms with E-state index in [-0.39, 0.29) is 10.7 Å². The summed E-state index contributed by atoms with van der Waals surface area (Å²) in [5.74, 6) is 2.72. The molecule has 2 aliphatic rings. The molecule has 0 aliphatic heterocycles. The molecule has 140 valence electrons. The van der Waals surface area contributed by atoms with Crippen molar-refractivity contribution in [3.63, 3.8) is 0 Å². The minimum Gasteiger partial charge on any atom is -0.0774 e. The number of hydrogen-bond donors (Lipinski definition) is 0. The van der Waals surface area contributed by atoms with Gasteiger partial charge in [0.25, 0.3) is 0 Å². The van der Waals surface area contributed by atoms with Crippen molar-refractivity contribution in [2.45, 2.75) is 117 Å². The molecule has 0 nitrogen and oxygen atoms in total. The molecule has 7 atom stereocenters. The lowest BCUT2D eigenvalue weighted by Gasteiger charge is -2.74. The van der Waals surface area contributed by atoms with Crippen molar-refractivity contribution >= 4 is 15.7 Å². The van der Waals surface area contributed by atoms with Crippen molar-refractivity contribution in [2.24, 2.45) is 28.6 Å². The van der Waals surface area contributed by atoms with E-state index in [9.17, 15) is 0 Å². The van der Waals surface area contributed by atoms with Gasteiger partial charge in [-0.15, -0.1) is 0 Å². The standard InChI is InChI=1S/C23H42B2/c1-7-8-13-19(24)14-11-12-17(2)20-18(3)21(4)15-9-10-16-22(5,25)23(20,21)6/h17-20H,7-16H2,1-6H3/t17-,18+,19?,20-,21?,22?,23?/m0/s1. The highest BCUT2D eigenvalue weighted by molar-refractivity contribution is 6.15. The Balaban J connectivity index is 2.00. The Morgan fingerprint density at radius 2 is 1.60 bits per heavy atom. The Labute approximate surface area is 161 Å². The van der Waals surface area contributed by atoms with E-state index in [1.165, 1.54) is 64.2 Å². The van der Waals surface area contributed by atoms with Gasteiger partial charge >= 0.3 is 0 Å². The van der Waals surface area contributed by atoms with Crippen molar-refractivity contribution in [3.05, 3.63) is 0 Å². The summed E-state index contributed by atoms with van der Waals surface area (Å²) in [4.78, 5) is 0. The Morgan fingerprint density at radius 1 is 1.00 bits per heavy atom. The third-order valence-electron chi connectivity index (χ3n) is 9.00. The van der Waals surface area contributed by atoms with Crippen LogP contribution < -0.4 is 0 Å². The van der Waals surface area contributed by atoms with Crippen LogP contribution in [0.15, 0.2) is 0 Å². The lowest BCUT2D eigenvalue weighted by Crippen LogP contribution is -2.67. The van der Waals surface area contributed by atoms with Gasteiger partial charge in [0, 0.05) is 0 Å². The van der Waals surface area contributed by atoms with E-state index in [0.29, 0.717) is 11.2 Å². The maximum absolute atomic E-state index is 6.98. The number of fused-ring (bicyclic) bond motifs is 1. The van der Waals surface area contributed by atoms with Crippen LogP contribution in [0.2, 0.25) is 11.1 Å². The molecule has 2 rings (SSSR count). The molecule has 2 aliphatic carbocycles. The minimum atomic E-state index is -0.0266. The summed E-state index contributed by atoms with van der Waals surface area (Å²) in [5.41, 5.74) is 0.698. The zero-order valence-electron chi connectivity index (χ0n) is 18.0. The summed E-state index contributed by atoms with van der Waals surface area (Å²) in [5, 5.41) is -0.0266. The third kappa shape index (κ3) is 3.62. The van der Waals surface area contributed by atoms with Crippen molar-refractivity contribution in [3.8, 4) is 0 Å². The maximum Gasteiger partial charge on any atom is 0.0750 e. The van der Waals surface area contributed by atoms with Crippen LogP contribution in [0.4, 0.5) is 0 Å². The van der Waals surface area contributed by atoms with E-state index in [4.69, 9.17) is 15.7 Å². The number of rotatable bonds is 8. The van der Waals surface area contributed by atoms with Crippen LogP contribution in [-0.2, 0) is 0 Å². The van der Waals surface area contributed by atoms with Gasteiger partial charge in [-0.1, -0.05) is 110 Å². The molecule has 0 amide bonds. The van der Waals surface area contributed by atoms with E-state index in [1.807, 2.05) is 0 Å². The van der Waals surface area contributed by atoms with Crippen molar-refractivity contribution in [1.82, 2.24) is 0 Å². The molecular weight excluding hydrogens is 298 g/mol. The van der Waals surface area contributed by atoms with Crippen LogP contribution in [0, 0.1) is 28.6 Å². The zero-order chi connectivity index (χ0) is 18.9. The highest BCUT2D eigenvalue weighted by atomic mass is 14.7. The molecule has 2 saturated carbocycles. The van der Waals surface area contributed by atoms with E-state index in [2.05, 4.69) is 41.5 Å². The van der Waals surface area contributed by atoms with Gasteiger partial charge in [0.1, 0.15) is 0 Å². The topological polar surface area (TPSA) is 0 Å². The smallest absolute Gasteiger partial charge is 0.0750 e. The fourth-order valence-electron chi connectivity index (χ4n) is 6.97. The molecule has 0 N–H and O–H groups in total. The van der Waals surface area contributed by atoms with E-state index in [0.717, 1.165) is 17.8 Å². The molecule has 25 heavy (non-hydrogen) atoms. The van der Waals surface area contributed by atoms with Crippen molar-refractivity contribution in [1.29, 1.82) is 0 Å². The van der Waals surface area contributed by atoms with Gasteiger partial charge in [-0.05, 0) is 35.0 Å². The van der Waals surface area contributed by atoms with Crippen LogP contribution in [0.3, 0.4) is 0 Å². The van der Waals surface area contributed by atoms with Gasteiger partial charge in [0.05, 0.1) is 15.7 Å². The Bertz CT molecular complexity index is 432. The van der Waals surface area contributed by atoms with Crippen LogP contribution in [0.1, 0.15) is 106 Å². The predicted octanol–water partition coefficient (Wildman–Crippen LogP) is 7.14. The second-order valence-electron chi connectivity index (χ2n) is 10.4. The molecule has 0 aromatic heterocycles. The van der Waals surface area contributed by atoms with Crippen LogP contribution in [-0.4, -0.2) is 15.7 Å². The fraction of sp³-hybridized carbons (Fsp3) is 1.00. The molecule has 0 aromatic rings. The summed E-state index contributed by atoms with van der Waals surface area (Å²) in [6, 6.07) is 0. The number of hydrogen-bond acceptors (Lipinski definition) is 0. The first-order valence-corrected chi connectivity index (χ1v) is 11.2. The second kappa shape index (κ2) is 8.02. The molecule has 2 fully saturated rings. The van der Waals surface area contributed by atoms with Crippen molar-refractivity contribution in [2.75, 3.05) is 0 Å². The molecule has 0 bridgehead atoms. The normalized spacial score (nSPS) is 43.6. The van der Waals surface area contributed by atoms with E-state index >= 15 is 0 Å². The Hall–Kier alpha value is 0.130. The largest absolute Gasteiger partial charge is 0.0774 e. The lowest BCUT2D eigenvalue weighted by molar-refractivity contribution is -0.224. The van der Waals surface area contributed by atoms with Gasteiger partial charge in [-0.2, -0.15) is 0 Å². The van der Waals surface area contributed by atoms with Gasteiger partial charge in [-0.3, -0.25) is 0 Å². The highest BCUT2D eigenvalue weighted by Gasteiger charge is 2.69. The van der Waals surface area contributed by atoms with Gasteiger partial charge in [0.2, 0.25) is 0 Å². The van der Waals surface area contributed by atoms with E-state index in [1.54, 1.807) is 0 Å². The first kappa shape index (κ1) is 21.4. The maximum atomic E-state index is 6.98. The molecule has 0 spiro atoms. The summed E-state index contributed by atoms with van der Waals surface area (Å²) in [6.07, 6.45) is 12.7. The van der Waals surface area contributed by atoms with Gasteiger partial charge in [-0.25, -0.2) is 0 Å². The molecule has 4 radical (unpaired) electrons. The van der Waals surface area contributed by atoms with Crippen molar-refractivity contribution < 1.29 is 0 Å². The van der Waals surface area contributed by atoms with Gasteiger partial charge < -0.3 is 0 Å². The summed E-state index contributed by atoms with van der Waals surface area (Å²) >= 11 is 0. The molecule has 0 aromatic carbocycles. The number of unbranched alkanes of at least 4 members (excludes halogenated alkanes) is 1.